The van der Waals surface area contributed by atoms with Crippen LogP contribution in [0.5, 0.6) is 0 Å². The molecule has 0 unspecified atom stereocenters. The van der Waals surface area contributed by atoms with Crippen molar-refractivity contribution in [2.24, 2.45) is 0 Å². The molecule has 0 aliphatic rings. The van der Waals surface area contributed by atoms with Gasteiger partial charge >= 0.3 is 0 Å². The van der Waals surface area contributed by atoms with Crippen molar-refractivity contribution < 1.29 is 9.84 Å². The molecule has 0 saturated heterocycles. The van der Waals surface area contributed by atoms with Crippen molar-refractivity contribution in [1.82, 2.24) is 0 Å². The lowest BCUT2D eigenvalue weighted by molar-refractivity contribution is 0.167. The minimum absolute atomic E-state index is 0.0437. The van der Waals surface area contributed by atoms with Gasteiger partial charge in [-0.1, -0.05) is 36.4 Å². The highest BCUT2D eigenvalue weighted by molar-refractivity contribution is 5.84. The van der Waals surface area contributed by atoms with Gasteiger partial charge in [0.05, 0.1) is 12.9 Å². The highest BCUT2D eigenvalue weighted by atomic mass is 16.5. The van der Waals surface area contributed by atoms with Crippen molar-refractivity contribution >= 4 is 16.8 Å². The lowest BCUT2D eigenvalue weighted by atomic mass is 10.1. The second-order valence-electron chi connectivity index (χ2n) is 3.50. The third-order valence-electron chi connectivity index (χ3n) is 2.34. The smallest absolute Gasteiger partial charge is 0.110 e. The first-order valence-corrected chi connectivity index (χ1v) is 5.28. The summed E-state index contributed by atoms with van der Waals surface area (Å²) >= 11 is 0. The Morgan fingerprint density at radius 2 is 1.88 bits per heavy atom. The van der Waals surface area contributed by atoms with Gasteiger partial charge in [0, 0.05) is 0 Å². The SMILES string of the molecule is OCCO/C=C/c1ccc2ccccc2c1. The van der Waals surface area contributed by atoms with Gasteiger partial charge in [-0.05, 0) is 28.5 Å². The third-order valence-corrected chi connectivity index (χ3v) is 2.34. The quantitative estimate of drug-likeness (QED) is 0.626. The molecule has 2 nitrogen and oxygen atoms in total. The Morgan fingerprint density at radius 3 is 2.69 bits per heavy atom. The van der Waals surface area contributed by atoms with E-state index >= 15 is 0 Å². The Bertz CT molecular complexity index is 489. The number of hydrogen-bond acceptors (Lipinski definition) is 2. The number of aliphatic hydroxyl groups is 1. The van der Waals surface area contributed by atoms with Crippen LogP contribution < -0.4 is 0 Å². The largest absolute Gasteiger partial charge is 0.499 e. The fraction of sp³-hybridized carbons (Fsp3) is 0.143. The minimum atomic E-state index is 0.0437. The van der Waals surface area contributed by atoms with Crippen LogP contribution in [0.4, 0.5) is 0 Å². The van der Waals surface area contributed by atoms with Crippen molar-refractivity contribution in [3.63, 3.8) is 0 Å². The average Bonchev–Trinajstić information content (AvgIpc) is 2.34. The summed E-state index contributed by atoms with van der Waals surface area (Å²) in [6, 6.07) is 14.5. The zero-order chi connectivity index (χ0) is 11.2. The summed E-state index contributed by atoms with van der Waals surface area (Å²) in [7, 11) is 0. The fourth-order valence-electron chi connectivity index (χ4n) is 1.56. The summed E-state index contributed by atoms with van der Waals surface area (Å²) in [5, 5.41) is 11.0. The Kier molecular flexibility index (Phi) is 3.57. The van der Waals surface area contributed by atoms with Gasteiger partial charge in [0.2, 0.25) is 0 Å². The summed E-state index contributed by atoms with van der Waals surface area (Å²) in [5.41, 5.74) is 1.09. The van der Waals surface area contributed by atoms with E-state index in [1.807, 2.05) is 24.3 Å². The van der Waals surface area contributed by atoms with Crippen molar-refractivity contribution in [1.29, 1.82) is 0 Å². The molecule has 2 aromatic carbocycles. The Labute approximate surface area is 94.8 Å². The molecule has 0 aliphatic carbocycles. The molecule has 0 spiro atoms. The molecule has 82 valence electrons. The van der Waals surface area contributed by atoms with Crippen molar-refractivity contribution in [3.05, 3.63) is 54.3 Å². The maximum atomic E-state index is 8.55. The predicted molar refractivity (Wildman–Crippen MR) is 66.0 cm³/mol. The second kappa shape index (κ2) is 5.33. The lowest BCUT2D eigenvalue weighted by Gasteiger charge is -1.99. The number of fused-ring (bicyclic) bond motifs is 1. The van der Waals surface area contributed by atoms with E-state index in [2.05, 4.69) is 24.3 Å². The van der Waals surface area contributed by atoms with Crippen LogP contribution in [0.25, 0.3) is 16.8 Å². The van der Waals surface area contributed by atoms with Crippen molar-refractivity contribution in [2.75, 3.05) is 13.2 Å². The molecule has 0 heterocycles. The number of ether oxygens (including phenoxy) is 1. The average molecular weight is 214 g/mol. The van der Waals surface area contributed by atoms with Crippen LogP contribution in [0.3, 0.4) is 0 Å². The number of benzene rings is 2. The van der Waals surface area contributed by atoms with Gasteiger partial charge in [-0.3, -0.25) is 0 Å². The summed E-state index contributed by atoms with van der Waals surface area (Å²) in [5.74, 6) is 0. The summed E-state index contributed by atoms with van der Waals surface area (Å²) in [6.07, 6.45) is 3.50. The number of aliphatic hydroxyl groups excluding tert-OH is 1. The summed E-state index contributed by atoms with van der Waals surface area (Å²) < 4.78 is 5.07. The molecule has 16 heavy (non-hydrogen) atoms. The molecule has 0 saturated carbocycles. The van der Waals surface area contributed by atoms with Crippen LogP contribution in [0.1, 0.15) is 5.56 Å². The minimum Gasteiger partial charge on any atom is -0.499 e. The van der Waals surface area contributed by atoms with Crippen LogP contribution in [-0.2, 0) is 4.74 Å². The first kappa shape index (κ1) is 10.7. The van der Waals surface area contributed by atoms with E-state index in [1.165, 1.54) is 10.8 Å². The Morgan fingerprint density at radius 1 is 1.06 bits per heavy atom. The monoisotopic (exact) mass is 214 g/mol. The zero-order valence-corrected chi connectivity index (χ0v) is 8.97. The van der Waals surface area contributed by atoms with E-state index in [4.69, 9.17) is 9.84 Å². The van der Waals surface area contributed by atoms with E-state index in [9.17, 15) is 0 Å². The molecule has 0 bridgehead atoms. The van der Waals surface area contributed by atoms with Crippen LogP contribution in [-0.4, -0.2) is 18.3 Å². The molecule has 0 amide bonds. The van der Waals surface area contributed by atoms with Gasteiger partial charge in [-0.15, -0.1) is 0 Å². The van der Waals surface area contributed by atoms with Crippen molar-refractivity contribution in [2.45, 2.75) is 0 Å². The molecule has 0 atom stereocenters. The molecule has 0 radical (unpaired) electrons. The Hall–Kier alpha value is -1.80. The van der Waals surface area contributed by atoms with Gasteiger partial charge in [0.25, 0.3) is 0 Å². The normalized spacial score (nSPS) is 11.1. The van der Waals surface area contributed by atoms with Gasteiger partial charge in [-0.25, -0.2) is 0 Å². The number of hydrogen-bond donors (Lipinski definition) is 1. The molecule has 2 heteroatoms. The van der Waals surface area contributed by atoms with Gasteiger partial charge < -0.3 is 9.84 Å². The molecular formula is C14H14O2. The maximum Gasteiger partial charge on any atom is 0.110 e. The highest BCUT2D eigenvalue weighted by Gasteiger charge is 1.92. The number of rotatable bonds is 4. The molecule has 0 fully saturated rings. The van der Waals surface area contributed by atoms with E-state index < -0.39 is 0 Å². The topological polar surface area (TPSA) is 29.5 Å². The molecular weight excluding hydrogens is 200 g/mol. The van der Waals surface area contributed by atoms with Crippen LogP contribution >= 0.6 is 0 Å². The maximum absolute atomic E-state index is 8.55. The molecule has 2 rings (SSSR count). The van der Waals surface area contributed by atoms with E-state index in [-0.39, 0.29) is 6.61 Å². The van der Waals surface area contributed by atoms with E-state index in [0.717, 1.165) is 5.56 Å². The lowest BCUT2D eigenvalue weighted by Crippen LogP contribution is -1.91. The predicted octanol–water partition coefficient (Wildman–Crippen LogP) is 2.82. The van der Waals surface area contributed by atoms with Crippen LogP contribution in [0.15, 0.2) is 48.7 Å². The fourth-order valence-corrected chi connectivity index (χ4v) is 1.56. The zero-order valence-electron chi connectivity index (χ0n) is 8.97. The van der Waals surface area contributed by atoms with Gasteiger partial charge in [0.15, 0.2) is 0 Å². The standard InChI is InChI=1S/C14H14O2/c15-8-10-16-9-7-12-5-6-13-3-1-2-4-14(13)11-12/h1-7,9,11,15H,8,10H2/b9-7+. The van der Waals surface area contributed by atoms with E-state index in [0.29, 0.717) is 6.61 Å². The van der Waals surface area contributed by atoms with Crippen LogP contribution in [0, 0.1) is 0 Å². The van der Waals surface area contributed by atoms with Gasteiger partial charge in [0.1, 0.15) is 6.61 Å². The highest BCUT2D eigenvalue weighted by Crippen LogP contribution is 2.16. The summed E-state index contributed by atoms with van der Waals surface area (Å²) in [6.45, 7) is 0.381. The molecule has 2 aromatic rings. The first-order valence-electron chi connectivity index (χ1n) is 5.28. The second-order valence-corrected chi connectivity index (χ2v) is 3.50. The molecule has 0 aliphatic heterocycles. The van der Waals surface area contributed by atoms with E-state index in [1.54, 1.807) is 6.26 Å². The van der Waals surface area contributed by atoms with Crippen molar-refractivity contribution in [3.8, 4) is 0 Å². The molecule has 0 aromatic heterocycles. The summed E-state index contributed by atoms with van der Waals surface area (Å²) in [4.78, 5) is 0. The Balaban J connectivity index is 2.16. The first-order chi connectivity index (χ1) is 7.90. The van der Waals surface area contributed by atoms with Gasteiger partial charge in [-0.2, -0.15) is 0 Å². The van der Waals surface area contributed by atoms with Crippen LogP contribution in [0.2, 0.25) is 0 Å². The third kappa shape index (κ3) is 2.61. The molecule has 1 N–H and O–H groups in total.